The van der Waals surface area contributed by atoms with Crippen LogP contribution in [0.3, 0.4) is 0 Å². The normalized spacial score (nSPS) is 10.2. The summed E-state index contributed by atoms with van der Waals surface area (Å²) >= 11 is 11.8. The second-order valence-electron chi connectivity index (χ2n) is 4.30. The van der Waals surface area contributed by atoms with Crippen molar-refractivity contribution in [1.82, 2.24) is 9.97 Å². The van der Waals surface area contributed by atoms with Gasteiger partial charge in [0.2, 0.25) is 5.95 Å². The van der Waals surface area contributed by atoms with Crippen LogP contribution in [-0.4, -0.2) is 22.4 Å². The SMILES string of the molecule is CCCNc1ncc(C(=O)Nc2ccc(Cl)cc2Cl)cn1. The molecule has 0 bridgehead atoms. The van der Waals surface area contributed by atoms with Crippen LogP contribution >= 0.6 is 23.2 Å². The predicted molar refractivity (Wildman–Crippen MR) is 85.2 cm³/mol. The summed E-state index contributed by atoms with van der Waals surface area (Å²) in [5, 5.41) is 6.60. The Labute approximate surface area is 132 Å². The highest BCUT2D eigenvalue weighted by Crippen LogP contribution is 2.25. The number of aromatic nitrogens is 2. The van der Waals surface area contributed by atoms with Crippen LogP contribution in [0, 0.1) is 0 Å². The molecule has 0 radical (unpaired) electrons. The lowest BCUT2D eigenvalue weighted by atomic mass is 10.2. The monoisotopic (exact) mass is 324 g/mol. The second kappa shape index (κ2) is 7.24. The van der Waals surface area contributed by atoms with Gasteiger partial charge in [0.05, 0.1) is 16.3 Å². The lowest BCUT2D eigenvalue weighted by Gasteiger charge is -2.08. The molecule has 110 valence electrons. The molecule has 0 spiro atoms. The molecular weight excluding hydrogens is 311 g/mol. The third kappa shape index (κ3) is 4.31. The van der Waals surface area contributed by atoms with Gasteiger partial charge in [-0.15, -0.1) is 0 Å². The van der Waals surface area contributed by atoms with Gasteiger partial charge >= 0.3 is 0 Å². The highest BCUT2D eigenvalue weighted by molar-refractivity contribution is 6.36. The topological polar surface area (TPSA) is 66.9 Å². The van der Waals surface area contributed by atoms with Crippen molar-refractivity contribution in [3.8, 4) is 0 Å². The molecule has 0 aliphatic rings. The Kier molecular flexibility index (Phi) is 5.36. The van der Waals surface area contributed by atoms with Crippen molar-refractivity contribution in [2.75, 3.05) is 17.2 Å². The van der Waals surface area contributed by atoms with Crippen molar-refractivity contribution in [2.45, 2.75) is 13.3 Å². The summed E-state index contributed by atoms with van der Waals surface area (Å²) in [6.07, 6.45) is 3.90. The van der Waals surface area contributed by atoms with Crippen molar-refractivity contribution >= 4 is 40.7 Å². The van der Waals surface area contributed by atoms with Crippen LogP contribution in [0.5, 0.6) is 0 Å². The van der Waals surface area contributed by atoms with Crippen molar-refractivity contribution in [3.63, 3.8) is 0 Å². The maximum atomic E-state index is 12.1. The summed E-state index contributed by atoms with van der Waals surface area (Å²) < 4.78 is 0. The van der Waals surface area contributed by atoms with Crippen LogP contribution in [0.1, 0.15) is 23.7 Å². The first-order valence-corrected chi connectivity index (χ1v) is 7.18. The Morgan fingerprint density at radius 3 is 2.57 bits per heavy atom. The van der Waals surface area contributed by atoms with Gasteiger partial charge in [0, 0.05) is 24.0 Å². The minimum atomic E-state index is -0.332. The van der Waals surface area contributed by atoms with Gasteiger partial charge < -0.3 is 10.6 Å². The lowest BCUT2D eigenvalue weighted by molar-refractivity contribution is 0.102. The fourth-order valence-electron chi connectivity index (χ4n) is 1.56. The minimum Gasteiger partial charge on any atom is -0.354 e. The van der Waals surface area contributed by atoms with Gasteiger partial charge in [-0.25, -0.2) is 9.97 Å². The van der Waals surface area contributed by atoms with Gasteiger partial charge in [0.1, 0.15) is 0 Å². The summed E-state index contributed by atoms with van der Waals surface area (Å²) in [5.74, 6) is 0.166. The van der Waals surface area contributed by atoms with E-state index in [1.165, 1.54) is 12.4 Å². The van der Waals surface area contributed by atoms with E-state index >= 15 is 0 Å². The van der Waals surface area contributed by atoms with Crippen molar-refractivity contribution in [1.29, 1.82) is 0 Å². The Balaban J connectivity index is 2.06. The number of nitrogens with one attached hydrogen (secondary N) is 2. The predicted octanol–water partition coefficient (Wildman–Crippen LogP) is 3.86. The van der Waals surface area contributed by atoms with Crippen molar-refractivity contribution < 1.29 is 4.79 Å². The third-order valence-corrected chi connectivity index (χ3v) is 3.17. The Morgan fingerprint density at radius 1 is 1.24 bits per heavy atom. The molecule has 2 aromatic rings. The minimum absolute atomic E-state index is 0.332. The second-order valence-corrected chi connectivity index (χ2v) is 5.14. The maximum Gasteiger partial charge on any atom is 0.258 e. The number of amides is 1. The third-order valence-electron chi connectivity index (χ3n) is 2.63. The van der Waals surface area contributed by atoms with E-state index in [-0.39, 0.29) is 5.91 Å². The van der Waals surface area contributed by atoms with Crippen LogP contribution in [0.4, 0.5) is 11.6 Å². The molecule has 1 heterocycles. The summed E-state index contributed by atoms with van der Waals surface area (Å²) in [4.78, 5) is 20.2. The van der Waals surface area contributed by atoms with Gasteiger partial charge in [-0.05, 0) is 24.6 Å². The summed E-state index contributed by atoms with van der Waals surface area (Å²) in [6.45, 7) is 2.83. The van der Waals surface area contributed by atoms with Crippen LogP contribution in [0.25, 0.3) is 0 Å². The molecule has 0 aliphatic heterocycles. The average Bonchev–Trinajstić information content (AvgIpc) is 2.48. The Hall–Kier alpha value is -1.85. The molecule has 0 aliphatic carbocycles. The molecule has 1 aromatic heterocycles. The summed E-state index contributed by atoms with van der Waals surface area (Å²) in [5.41, 5.74) is 0.835. The van der Waals surface area contributed by atoms with E-state index in [1.54, 1.807) is 18.2 Å². The van der Waals surface area contributed by atoms with E-state index in [0.717, 1.165) is 13.0 Å². The van der Waals surface area contributed by atoms with Gasteiger partial charge in [0.15, 0.2) is 0 Å². The van der Waals surface area contributed by atoms with E-state index < -0.39 is 0 Å². The molecule has 0 fully saturated rings. The number of benzene rings is 1. The first kappa shape index (κ1) is 15.5. The Bertz CT molecular complexity index is 631. The van der Waals surface area contributed by atoms with Gasteiger partial charge in [-0.2, -0.15) is 0 Å². The molecule has 1 amide bonds. The quantitative estimate of drug-likeness (QED) is 0.876. The summed E-state index contributed by atoms with van der Waals surface area (Å²) in [7, 11) is 0. The van der Waals surface area contributed by atoms with Gasteiger partial charge in [-0.3, -0.25) is 4.79 Å². The fraction of sp³-hybridized carbons (Fsp3) is 0.214. The zero-order valence-electron chi connectivity index (χ0n) is 11.4. The number of rotatable bonds is 5. The average molecular weight is 325 g/mol. The number of halogens is 2. The number of carbonyl (C=O) groups is 1. The highest BCUT2D eigenvalue weighted by atomic mass is 35.5. The molecule has 0 saturated heterocycles. The zero-order valence-corrected chi connectivity index (χ0v) is 12.9. The Morgan fingerprint density at radius 2 is 1.95 bits per heavy atom. The van der Waals surface area contributed by atoms with Gasteiger partial charge in [-0.1, -0.05) is 30.1 Å². The largest absolute Gasteiger partial charge is 0.354 e. The molecule has 7 heteroatoms. The maximum absolute atomic E-state index is 12.1. The number of hydrogen-bond donors (Lipinski definition) is 2. The summed E-state index contributed by atoms with van der Waals surface area (Å²) in [6, 6.07) is 4.85. The molecule has 0 atom stereocenters. The standard InChI is InChI=1S/C14H14Cl2N4O/c1-2-5-17-14-18-7-9(8-19-14)13(21)20-12-4-3-10(15)6-11(12)16/h3-4,6-8H,2,5H2,1H3,(H,20,21)(H,17,18,19). The molecule has 21 heavy (non-hydrogen) atoms. The highest BCUT2D eigenvalue weighted by Gasteiger charge is 2.10. The van der Waals surface area contributed by atoms with E-state index in [4.69, 9.17) is 23.2 Å². The van der Waals surface area contributed by atoms with Crippen LogP contribution in [-0.2, 0) is 0 Å². The zero-order chi connectivity index (χ0) is 15.2. The van der Waals surface area contributed by atoms with Crippen molar-refractivity contribution in [3.05, 3.63) is 46.2 Å². The first-order valence-electron chi connectivity index (χ1n) is 6.42. The van der Waals surface area contributed by atoms with Crippen LogP contribution in [0.15, 0.2) is 30.6 Å². The van der Waals surface area contributed by atoms with Gasteiger partial charge in [0.25, 0.3) is 5.91 Å². The number of hydrogen-bond acceptors (Lipinski definition) is 4. The molecule has 0 unspecified atom stereocenters. The van der Waals surface area contributed by atoms with Crippen LogP contribution in [0.2, 0.25) is 10.0 Å². The first-order chi connectivity index (χ1) is 10.1. The molecule has 2 N–H and O–H groups in total. The molecule has 0 saturated carbocycles. The van der Waals surface area contributed by atoms with E-state index in [2.05, 4.69) is 20.6 Å². The molecule has 5 nitrogen and oxygen atoms in total. The smallest absolute Gasteiger partial charge is 0.258 e. The van der Waals surface area contributed by atoms with E-state index in [0.29, 0.717) is 27.2 Å². The molecular formula is C14H14Cl2N4O. The lowest BCUT2D eigenvalue weighted by Crippen LogP contribution is -2.14. The van der Waals surface area contributed by atoms with Crippen molar-refractivity contribution in [2.24, 2.45) is 0 Å². The fourth-order valence-corrected chi connectivity index (χ4v) is 2.01. The number of carbonyl (C=O) groups excluding carboxylic acids is 1. The molecule has 1 aromatic carbocycles. The van der Waals surface area contributed by atoms with E-state index in [9.17, 15) is 4.79 Å². The number of nitrogens with zero attached hydrogens (tertiary/aromatic N) is 2. The molecule has 2 rings (SSSR count). The number of anilines is 2. The van der Waals surface area contributed by atoms with Crippen LogP contribution < -0.4 is 10.6 Å². The van der Waals surface area contributed by atoms with E-state index in [1.807, 2.05) is 6.92 Å².